The predicted octanol–water partition coefficient (Wildman–Crippen LogP) is 2.31. The summed E-state index contributed by atoms with van der Waals surface area (Å²) in [5, 5.41) is 0. The maximum absolute atomic E-state index is 12.9. The van der Waals surface area contributed by atoms with Gasteiger partial charge in [-0.3, -0.25) is 0 Å². The van der Waals surface area contributed by atoms with E-state index in [1.165, 1.54) is 0 Å². The van der Waals surface area contributed by atoms with Gasteiger partial charge in [0.15, 0.2) is 0 Å². The zero-order chi connectivity index (χ0) is 15.6. The molecule has 1 unspecified atom stereocenters. The summed E-state index contributed by atoms with van der Waals surface area (Å²) in [6.45, 7) is 3.12. The molecule has 1 aliphatic heterocycles. The van der Waals surface area contributed by atoms with E-state index in [1.54, 1.807) is 10.4 Å². The summed E-state index contributed by atoms with van der Waals surface area (Å²) in [4.78, 5) is 2.51. The Morgan fingerprint density at radius 3 is 2.62 bits per heavy atom. The van der Waals surface area contributed by atoms with Crippen LogP contribution in [0.15, 0.2) is 23.1 Å². The number of aryl methyl sites for hydroxylation is 1. The highest BCUT2D eigenvalue weighted by Crippen LogP contribution is 2.27. The zero-order valence-corrected chi connectivity index (χ0v) is 14.4. The first-order chi connectivity index (χ1) is 9.90. The van der Waals surface area contributed by atoms with Gasteiger partial charge in [0, 0.05) is 25.0 Å². The van der Waals surface area contributed by atoms with Crippen LogP contribution in [0.4, 0.5) is 0 Å². The lowest BCUT2D eigenvalue weighted by Gasteiger charge is -2.21. The largest absolute Gasteiger partial charge is 0.305 e. The van der Waals surface area contributed by atoms with Crippen molar-refractivity contribution in [2.75, 3.05) is 27.2 Å². The van der Waals surface area contributed by atoms with E-state index in [-0.39, 0.29) is 0 Å². The molecule has 1 aliphatic rings. The average Bonchev–Trinajstić information content (AvgIpc) is 2.97. The number of hydrogen-bond donors (Lipinski definition) is 0. The van der Waals surface area contributed by atoms with Gasteiger partial charge >= 0.3 is 0 Å². The topological polar surface area (TPSA) is 40.6 Å². The van der Waals surface area contributed by atoms with Crippen molar-refractivity contribution in [1.29, 1.82) is 0 Å². The molecule has 1 atom stereocenters. The second kappa shape index (κ2) is 6.65. The van der Waals surface area contributed by atoms with Crippen LogP contribution in [-0.2, 0) is 22.3 Å². The van der Waals surface area contributed by atoms with Gasteiger partial charge in [-0.15, -0.1) is 11.6 Å². The maximum Gasteiger partial charge on any atom is 0.243 e. The van der Waals surface area contributed by atoms with Crippen molar-refractivity contribution in [3.05, 3.63) is 29.3 Å². The monoisotopic (exact) mass is 330 g/mol. The molecule has 1 aromatic carbocycles. The van der Waals surface area contributed by atoms with Gasteiger partial charge in [-0.1, -0.05) is 19.1 Å². The van der Waals surface area contributed by atoms with Crippen LogP contribution in [-0.4, -0.2) is 50.8 Å². The number of benzene rings is 1. The summed E-state index contributed by atoms with van der Waals surface area (Å²) in [5.41, 5.74) is 1.70. The van der Waals surface area contributed by atoms with E-state index < -0.39 is 10.0 Å². The molecule has 4 nitrogen and oxygen atoms in total. The van der Waals surface area contributed by atoms with Crippen LogP contribution in [0.5, 0.6) is 0 Å². The number of sulfonamides is 1. The van der Waals surface area contributed by atoms with Crippen molar-refractivity contribution in [1.82, 2.24) is 9.21 Å². The molecule has 21 heavy (non-hydrogen) atoms. The van der Waals surface area contributed by atoms with Crippen molar-refractivity contribution in [3.63, 3.8) is 0 Å². The Bertz CT molecular complexity index is 602. The Kier molecular flexibility index (Phi) is 5.30. The SMILES string of the molecule is CCc1ccc(CCl)cc1S(=O)(=O)N1CCC(N(C)C)C1. The van der Waals surface area contributed by atoms with E-state index in [2.05, 4.69) is 4.90 Å². The van der Waals surface area contributed by atoms with E-state index in [9.17, 15) is 8.42 Å². The van der Waals surface area contributed by atoms with E-state index in [1.807, 2.05) is 33.2 Å². The van der Waals surface area contributed by atoms with E-state index in [0.29, 0.717) is 36.3 Å². The predicted molar refractivity (Wildman–Crippen MR) is 86.2 cm³/mol. The van der Waals surface area contributed by atoms with Crippen molar-refractivity contribution < 1.29 is 8.42 Å². The first kappa shape index (κ1) is 16.7. The van der Waals surface area contributed by atoms with Crippen LogP contribution in [0, 0.1) is 0 Å². The summed E-state index contributed by atoms with van der Waals surface area (Å²) in [6.07, 6.45) is 1.57. The third-order valence-corrected chi connectivity index (χ3v) is 6.40. The molecule has 0 amide bonds. The molecule has 0 radical (unpaired) electrons. The van der Waals surface area contributed by atoms with Crippen LogP contribution < -0.4 is 0 Å². The van der Waals surface area contributed by atoms with Crippen molar-refractivity contribution in [2.24, 2.45) is 0 Å². The third kappa shape index (κ3) is 3.42. The maximum atomic E-state index is 12.9. The summed E-state index contributed by atoms with van der Waals surface area (Å²) in [6, 6.07) is 5.80. The number of hydrogen-bond acceptors (Lipinski definition) is 3. The molecular formula is C15H23ClN2O2S. The minimum Gasteiger partial charge on any atom is -0.305 e. The van der Waals surface area contributed by atoms with Gasteiger partial charge < -0.3 is 4.90 Å². The molecule has 1 fully saturated rings. The molecule has 1 aromatic rings. The fourth-order valence-electron chi connectivity index (χ4n) is 2.70. The van der Waals surface area contributed by atoms with E-state index >= 15 is 0 Å². The molecule has 1 saturated heterocycles. The minimum atomic E-state index is -3.43. The standard InChI is InChI=1S/C15H23ClN2O2S/c1-4-13-6-5-12(10-16)9-15(13)21(19,20)18-8-7-14(11-18)17(2)3/h5-6,9,14H,4,7-8,10-11H2,1-3H3. The third-order valence-electron chi connectivity index (χ3n) is 4.14. The Morgan fingerprint density at radius 2 is 2.10 bits per heavy atom. The van der Waals surface area contributed by atoms with E-state index in [0.717, 1.165) is 17.5 Å². The number of nitrogens with zero attached hydrogens (tertiary/aromatic N) is 2. The second-order valence-corrected chi connectivity index (χ2v) is 7.87. The van der Waals surface area contributed by atoms with Crippen LogP contribution in [0.1, 0.15) is 24.5 Å². The Morgan fingerprint density at radius 1 is 1.38 bits per heavy atom. The van der Waals surface area contributed by atoms with Crippen molar-refractivity contribution >= 4 is 21.6 Å². The molecule has 0 bridgehead atoms. The highest BCUT2D eigenvalue weighted by atomic mass is 35.5. The minimum absolute atomic E-state index is 0.293. The highest BCUT2D eigenvalue weighted by molar-refractivity contribution is 7.89. The number of rotatable bonds is 5. The smallest absolute Gasteiger partial charge is 0.243 e. The summed E-state index contributed by atoms with van der Waals surface area (Å²) >= 11 is 5.85. The van der Waals surface area contributed by atoms with E-state index in [4.69, 9.17) is 11.6 Å². The lowest BCUT2D eigenvalue weighted by molar-refractivity contribution is 0.302. The normalized spacial score (nSPS) is 20.3. The van der Waals surface area contributed by atoms with Gasteiger partial charge in [0.05, 0.1) is 4.90 Å². The van der Waals surface area contributed by atoms with Gasteiger partial charge in [0.2, 0.25) is 10.0 Å². The summed E-state index contributed by atoms with van der Waals surface area (Å²) < 4.78 is 27.4. The molecule has 2 rings (SSSR count). The molecule has 6 heteroatoms. The summed E-state index contributed by atoms with van der Waals surface area (Å²) in [5.74, 6) is 0.326. The van der Waals surface area contributed by atoms with Crippen LogP contribution >= 0.6 is 11.6 Å². The van der Waals surface area contributed by atoms with Crippen LogP contribution in [0.25, 0.3) is 0 Å². The van der Waals surface area contributed by atoms with Crippen molar-refractivity contribution in [3.8, 4) is 0 Å². The van der Waals surface area contributed by atoms with Crippen LogP contribution in [0.3, 0.4) is 0 Å². The Labute approximate surface area is 132 Å². The lowest BCUT2D eigenvalue weighted by Crippen LogP contribution is -2.34. The Hall–Kier alpha value is -0.620. The zero-order valence-electron chi connectivity index (χ0n) is 12.8. The van der Waals surface area contributed by atoms with Gasteiger partial charge in [0.25, 0.3) is 0 Å². The molecule has 0 aliphatic carbocycles. The number of likely N-dealkylation sites (N-methyl/N-ethyl adjacent to an activating group) is 1. The molecule has 0 spiro atoms. The fraction of sp³-hybridized carbons (Fsp3) is 0.600. The first-order valence-electron chi connectivity index (χ1n) is 7.24. The highest BCUT2D eigenvalue weighted by Gasteiger charge is 2.34. The van der Waals surface area contributed by atoms with Crippen molar-refractivity contribution in [2.45, 2.75) is 36.6 Å². The first-order valence-corrected chi connectivity index (χ1v) is 9.22. The average molecular weight is 331 g/mol. The molecule has 0 aromatic heterocycles. The lowest BCUT2D eigenvalue weighted by atomic mass is 10.1. The second-order valence-electron chi connectivity index (χ2n) is 5.70. The number of alkyl halides is 1. The van der Waals surface area contributed by atoms with Crippen LogP contribution in [0.2, 0.25) is 0 Å². The molecule has 118 valence electrons. The van der Waals surface area contributed by atoms with Gasteiger partial charge in [-0.2, -0.15) is 4.31 Å². The Balaban J connectivity index is 2.36. The van der Waals surface area contributed by atoms with Gasteiger partial charge in [-0.05, 0) is 44.1 Å². The quantitative estimate of drug-likeness (QED) is 0.778. The van der Waals surface area contributed by atoms with Gasteiger partial charge in [-0.25, -0.2) is 8.42 Å². The molecule has 1 heterocycles. The van der Waals surface area contributed by atoms with Gasteiger partial charge in [0.1, 0.15) is 0 Å². The number of halogens is 1. The summed E-state index contributed by atoms with van der Waals surface area (Å²) in [7, 11) is 0.552. The molecule has 0 N–H and O–H groups in total. The fourth-order valence-corrected chi connectivity index (χ4v) is 4.71. The molecular weight excluding hydrogens is 308 g/mol. The molecule has 0 saturated carbocycles.